The molecule has 2 N–H and O–H groups in total. The van der Waals surface area contributed by atoms with Gasteiger partial charge in [0.25, 0.3) is 0 Å². The van der Waals surface area contributed by atoms with Crippen molar-refractivity contribution in [1.29, 1.82) is 0 Å². The molecule has 1 aliphatic heterocycles. The predicted octanol–water partition coefficient (Wildman–Crippen LogP) is 2.95. The second-order valence-corrected chi connectivity index (χ2v) is 8.59. The van der Waals surface area contributed by atoms with E-state index in [1.165, 1.54) is 32.1 Å². The summed E-state index contributed by atoms with van der Waals surface area (Å²) in [5, 5.41) is 0. The van der Waals surface area contributed by atoms with Crippen LogP contribution in [0.25, 0.3) is 0 Å². The van der Waals surface area contributed by atoms with Crippen molar-refractivity contribution >= 4 is 5.91 Å². The van der Waals surface area contributed by atoms with Gasteiger partial charge in [-0.2, -0.15) is 0 Å². The zero-order valence-corrected chi connectivity index (χ0v) is 14.1. The van der Waals surface area contributed by atoms with Gasteiger partial charge in [-0.05, 0) is 61.7 Å². The Labute approximate surface area is 134 Å². The molecule has 2 saturated carbocycles. The number of rotatable bonds is 1. The summed E-state index contributed by atoms with van der Waals surface area (Å²) in [5.74, 6) is 2.72. The van der Waals surface area contributed by atoms with Gasteiger partial charge in [0.2, 0.25) is 5.91 Å². The topological polar surface area (TPSA) is 46.3 Å². The van der Waals surface area contributed by atoms with E-state index in [9.17, 15) is 4.79 Å². The van der Waals surface area contributed by atoms with Gasteiger partial charge in [0.15, 0.2) is 0 Å². The zero-order valence-electron chi connectivity index (χ0n) is 14.1. The highest BCUT2D eigenvalue weighted by atomic mass is 16.2. The first-order valence-corrected chi connectivity index (χ1v) is 9.15. The SMILES string of the molecule is CN1C(=O)CC[C@@]2(C)C1CC[C@H]1[C@@H]3CC=C[C@@]3(CN)CC[C@@H]12. The van der Waals surface area contributed by atoms with Gasteiger partial charge in [-0.15, -0.1) is 0 Å². The van der Waals surface area contributed by atoms with E-state index in [1.807, 2.05) is 7.05 Å². The van der Waals surface area contributed by atoms with Crippen molar-refractivity contribution in [3.63, 3.8) is 0 Å². The van der Waals surface area contributed by atoms with Crippen molar-refractivity contribution in [3.05, 3.63) is 12.2 Å². The zero-order chi connectivity index (χ0) is 15.5. The molecule has 3 fully saturated rings. The van der Waals surface area contributed by atoms with Crippen molar-refractivity contribution in [2.45, 2.75) is 57.9 Å². The third kappa shape index (κ3) is 1.75. The highest BCUT2D eigenvalue weighted by Crippen LogP contribution is 2.62. The van der Waals surface area contributed by atoms with Gasteiger partial charge < -0.3 is 10.6 Å². The summed E-state index contributed by atoms with van der Waals surface area (Å²) in [4.78, 5) is 14.2. The average Bonchev–Trinajstić information content (AvgIpc) is 2.96. The first kappa shape index (κ1) is 14.7. The number of hydrogen-bond acceptors (Lipinski definition) is 2. The Morgan fingerprint density at radius 3 is 2.86 bits per heavy atom. The first-order chi connectivity index (χ1) is 10.5. The molecule has 0 bridgehead atoms. The number of likely N-dealkylation sites (tertiary alicyclic amines) is 1. The highest BCUT2D eigenvalue weighted by Gasteiger charge is 2.58. The van der Waals surface area contributed by atoms with E-state index in [1.54, 1.807) is 0 Å². The van der Waals surface area contributed by atoms with Crippen molar-refractivity contribution in [1.82, 2.24) is 4.90 Å². The number of piperidine rings is 1. The third-order valence-electron chi connectivity index (χ3n) is 8.03. The molecule has 1 unspecified atom stereocenters. The Hall–Kier alpha value is -0.830. The van der Waals surface area contributed by atoms with Gasteiger partial charge >= 0.3 is 0 Å². The van der Waals surface area contributed by atoms with E-state index in [0.717, 1.165) is 37.1 Å². The number of nitrogens with zero attached hydrogens (tertiary/aromatic N) is 1. The van der Waals surface area contributed by atoms with Crippen molar-refractivity contribution in [2.75, 3.05) is 13.6 Å². The lowest BCUT2D eigenvalue weighted by Crippen LogP contribution is -2.61. The molecule has 4 aliphatic rings. The van der Waals surface area contributed by atoms with Gasteiger partial charge in [-0.25, -0.2) is 0 Å². The van der Waals surface area contributed by atoms with Gasteiger partial charge in [0, 0.05) is 31.5 Å². The van der Waals surface area contributed by atoms with Gasteiger partial charge in [-0.3, -0.25) is 4.79 Å². The average molecular weight is 302 g/mol. The highest BCUT2D eigenvalue weighted by molar-refractivity contribution is 5.77. The summed E-state index contributed by atoms with van der Waals surface area (Å²) in [7, 11) is 2.04. The third-order valence-corrected chi connectivity index (χ3v) is 8.03. The summed E-state index contributed by atoms with van der Waals surface area (Å²) in [6.07, 6.45) is 12.9. The van der Waals surface area contributed by atoms with Crippen LogP contribution >= 0.6 is 0 Å². The Morgan fingerprint density at radius 1 is 1.27 bits per heavy atom. The lowest BCUT2D eigenvalue weighted by Gasteiger charge is -2.61. The molecule has 1 saturated heterocycles. The summed E-state index contributed by atoms with van der Waals surface area (Å²) in [6, 6.07) is 0.467. The molecule has 22 heavy (non-hydrogen) atoms. The number of hydrogen-bond donors (Lipinski definition) is 1. The number of carbonyl (C=O) groups is 1. The van der Waals surface area contributed by atoms with Gasteiger partial charge in [0.1, 0.15) is 0 Å². The van der Waals surface area contributed by atoms with E-state index in [2.05, 4.69) is 24.0 Å². The smallest absolute Gasteiger partial charge is 0.222 e. The molecule has 4 rings (SSSR count). The number of nitrogens with two attached hydrogens (primary N) is 1. The van der Waals surface area contributed by atoms with Crippen molar-refractivity contribution in [3.8, 4) is 0 Å². The lowest BCUT2D eigenvalue weighted by molar-refractivity contribution is -0.156. The first-order valence-electron chi connectivity index (χ1n) is 9.15. The molecule has 6 atom stereocenters. The molecule has 1 heterocycles. The Kier molecular flexibility index (Phi) is 3.24. The standard InChI is InChI=1S/C19H30N2O/c1-18-10-8-17(22)21(2)16(18)6-5-13-14(18)7-11-19(12-20)9-3-4-15(13)19/h3,9,13-16H,4-8,10-12,20H2,1-2H3/t13-,14+,15+,16?,18-,19+/m1/s1. The minimum absolute atomic E-state index is 0.292. The summed E-state index contributed by atoms with van der Waals surface area (Å²) >= 11 is 0. The Balaban J connectivity index is 1.65. The van der Waals surface area contributed by atoms with Crippen LogP contribution < -0.4 is 5.73 Å². The Morgan fingerprint density at radius 2 is 2.09 bits per heavy atom. The molecule has 0 spiro atoms. The largest absolute Gasteiger partial charge is 0.342 e. The number of allylic oxidation sites excluding steroid dienone is 1. The fourth-order valence-corrected chi connectivity index (χ4v) is 6.78. The maximum atomic E-state index is 12.1. The molecular formula is C19H30N2O. The van der Waals surface area contributed by atoms with Crippen molar-refractivity contribution < 1.29 is 4.79 Å². The molecule has 3 heteroatoms. The second-order valence-electron chi connectivity index (χ2n) is 8.59. The molecule has 3 nitrogen and oxygen atoms in total. The van der Waals surface area contributed by atoms with Crippen LogP contribution in [0, 0.1) is 28.6 Å². The predicted molar refractivity (Wildman–Crippen MR) is 88.1 cm³/mol. The van der Waals surface area contributed by atoms with Gasteiger partial charge in [0.05, 0.1) is 0 Å². The minimum Gasteiger partial charge on any atom is -0.342 e. The minimum atomic E-state index is 0.292. The van der Waals surface area contributed by atoms with Gasteiger partial charge in [-0.1, -0.05) is 19.1 Å². The number of carbonyl (C=O) groups excluding carboxylic acids is 1. The second kappa shape index (κ2) is 4.83. The molecule has 0 radical (unpaired) electrons. The molecule has 1 amide bonds. The quantitative estimate of drug-likeness (QED) is 0.757. The van der Waals surface area contributed by atoms with Crippen LogP contribution in [0.3, 0.4) is 0 Å². The summed E-state index contributed by atoms with van der Waals surface area (Å²) < 4.78 is 0. The lowest BCUT2D eigenvalue weighted by atomic mass is 9.47. The van der Waals surface area contributed by atoms with E-state index < -0.39 is 0 Å². The molecule has 3 aliphatic carbocycles. The molecule has 0 aromatic heterocycles. The van der Waals surface area contributed by atoms with Crippen LogP contribution in [0.5, 0.6) is 0 Å². The molecular weight excluding hydrogens is 272 g/mol. The Bertz CT molecular complexity index is 516. The van der Waals surface area contributed by atoms with E-state index in [0.29, 0.717) is 22.8 Å². The van der Waals surface area contributed by atoms with Crippen molar-refractivity contribution in [2.24, 2.45) is 34.3 Å². The van der Waals surface area contributed by atoms with E-state index in [4.69, 9.17) is 5.73 Å². The molecule has 0 aromatic rings. The van der Waals surface area contributed by atoms with Crippen LogP contribution in [0.2, 0.25) is 0 Å². The van der Waals surface area contributed by atoms with Crippen LogP contribution in [0.1, 0.15) is 51.9 Å². The maximum absolute atomic E-state index is 12.1. The molecule has 0 aromatic carbocycles. The summed E-state index contributed by atoms with van der Waals surface area (Å²) in [5.41, 5.74) is 6.82. The van der Waals surface area contributed by atoms with E-state index >= 15 is 0 Å². The fourth-order valence-electron chi connectivity index (χ4n) is 6.78. The number of amides is 1. The monoisotopic (exact) mass is 302 g/mol. The van der Waals surface area contributed by atoms with Crippen LogP contribution in [-0.4, -0.2) is 30.4 Å². The normalized spacial score (nSPS) is 50.5. The van der Waals surface area contributed by atoms with Crippen LogP contribution in [-0.2, 0) is 4.79 Å². The van der Waals surface area contributed by atoms with Crippen LogP contribution in [0.15, 0.2) is 12.2 Å². The number of fused-ring (bicyclic) bond motifs is 5. The van der Waals surface area contributed by atoms with Crippen LogP contribution in [0.4, 0.5) is 0 Å². The van der Waals surface area contributed by atoms with E-state index in [-0.39, 0.29) is 0 Å². The molecule has 122 valence electrons. The summed E-state index contributed by atoms with van der Waals surface area (Å²) in [6.45, 7) is 3.30. The fraction of sp³-hybridized carbons (Fsp3) is 0.842. The maximum Gasteiger partial charge on any atom is 0.222 e.